The van der Waals surface area contributed by atoms with Gasteiger partial charge in [0.15, 0.2) is 12.4 Å². The minimum atomic E-state index is -4.55. The molecule has 3 aromatic heterocycles. The first-order chi connectivity index (χ1) is 13.4. The van der Waals surface area contributed by atoms with E-state index in [0.29, 0.717) is 18.6 Å². The van der Waals surface area contributed by atoms with E-state index in [9.17, 15) is 17.6 Å². The molecule has 0 radical (unpaired) electrons. The molecule has 2 N–H and O–H groups in total. The molecule has 0 aromatic carbocycles. The molecule has 0 unspecified atom stereocenters. The number of fused-ring (bicyclic) bond motifs is 1. The van der Waals surface area contributed by atoms with Crippen LogP contribution >= 0.6 is 0 Å². The normalized spacial score (nSPS) is 20.4. The van der Waals surface area contributed by atoms with Crippen molar-refractivity contribution >= 4 is 11.6 Å². The predicted octanol–water partition coefficient (Wildman–Crippen LogP) is 1.99. The van der Waals surface area contributed by atoms with E-state index < -0.39 is 25.0 Å². The van der Waals surface area contributed by atoms with Crippen LogP contribution in [0.4, 0.5) is 23.5 Å². The maximum absolute atomic E-state index is 13.9. The fraction of sp³-hybridized carbons (Fsp3) is 0.467. The van der Waals surface area contributed by atoms with Gasteiger partial charge in [0.25, 0.3) is 0 Å². The number of anilines is 1. The molecule has 28 heavy (non-hydrogen) atoms. The highest BCUT2D eigenvalue weighted by Crippen LogP contribution is 2.32. The Labute approximate surface area is 155 Å². The number of ether oxygens (including phenoxy) is 2. The number of alkyl halides is 4. The third-order valence-electron chi connectivity index (χ3n) is 4.10. The average Bonchev–Trinajstić information content (AvgIpc) is 3.30. The lowest BCUT2D eigenvalue weighted by Gasteiger charge is -2.26. The SMILES string of the molecule is F[C@@H]1COCC[C@@H]1Nc1nc2c(OCC(F)(F)F)c(-c3cn[nH]c3)ncn2n1. The van der Waals surface area contributed by atoms with Gasteiger partial charge >= 0.3 is 6.18 Å². The average molecular weight is 401 g/mol. The van der Waals surface area contributed by atoms with Crippen molar-refractivity contribution in [1.82, 2.24) is 29.8 Å². The highest BCUT2D eigenvalue weighted by Gasteiger charge is 2.31. The summed E-state index contributed by atoms with van der Waals surface area (Å²) >= 11 is 0. The van der Waals surface area contributed by atoms with Gasteiger partial charge in [0.05, 0.1) is 18.8 Å². The van der Waals surface area contributed by atoms with Crippen LogP contribution in [0.25, 0.3) is 16.9 Å². The maximum Gasteiger partial charge on any atom is 0.422 e. The van der Waals surface area contributed by atoms with E-state index in [0.717, 1.165) is 0 Å². The van der Waals surface area contributed by atoms with Gasteiger partial charge in [0, 0.05) is 18.4 Å². The van der Waals surface area contributed by atoms with Gasteiger partial charge in [-0.15, -0.1) is 5.10 Å². The van der Waals surface area contributed by atoms with E-state index >= 15 is 0 Å². The highest BCUT2D eigenvalue weighted by atomic mass is 19.4. The Morgan fingerprint density at radius 3 is 2.96 bits per heavy atom. The smallest absolute Gasteiger partial charge is 0.422 e. The highest BCUT2D eigenvalue weighted by molar-refractivity contribution is 5.73. The summed E-state index contributed by atoms with van der Waals surface area (Å²) in [5.41, 5.74) is 0.560. The number of aromatic amines is 1. The maximum atomic E-state index is 13.9. The third kappa shape index (κ3) is 3.83. The number of nitrogens with zero attached hydrogens (tertiary/aromatic N) is 5. The van der Waals surface area contributed by atoms with Crippen molar-refractivity contribution in [1.29, 1.82) is 0 Å². The monoisotopic (exact) mass is 401 g/mol. The molecule has 1 saturated heterocycles. The molecule has 0 amide bonds. The summed E-state index contributed by atoms with van der Waals surface area (Å²) in [5.74, 6) is -0.150. The van der Waals surface area contributed by atoms with E-state index in [1.54, 1.807) is 0 Å². The molecular formula is C15H15F4N7O2. The second-order valence-electron chi connectivity index (χ2n) is 6.15. The molecule has 0 spiro atoms. The fourth-order valence-electron chi connectivity index (χ4n) is 2.80. The van der Waals surface area contributed by atoms with Crippen LogP contribution in [0.15, 0.2) is 18.7 Å². The quantitative estimate of drug-likeness (QED) is 0.631. The van der Waals surface area contributed by atoms with E-state index in [1.165, 1.54) is 23.2 Å². The number of hydrogen-bond acceptors (Lipinski definition) is 7. The van der Waals surface area contributed by atoms with Gasteiger partial charge in [-0.1, -0.05) is 0 Å². The molecule has 13 heteroatoms. The molecule has 4 rings (SSSR count). The minimum Gasteiger partial charge on any atom is -0.478 e. The first kappa shape index (κ1) is 18.4. The molecule has 0 aliphatic carbocycles. The largest absolute Gasteiger partial charge is 0.478 e. The summed E-state index contributed by atoms with van der Waals surface area (Å²) in [7, 11) is 0. The van der Waals surface area contributed by atoms with E-state index in [4.69, 9.17) is 9.47 Å². The summed E-state index contributed by atoms with van der Waals surface area (Å²) < 4.78 is 63.3. The van der Waals surface area contributed by atoms with Crippen LogP contribution in [-0.2, 0) is 4.74 Å². The third-order valence-corrected chi connectivity index (χ3v) is 4.10. The Hall–Kier alpha value is -2.96. The predicted molar refractivity (Wildman–Crippen MR) is 87.7 cm³/mol. The fourth-order valence-corrected chi connectivity index (χ4v) is 2.80. The molecule has 2 atom stereocenters. The standard InChI is InChI=1S/C15H15F4N7O2/c16-9-5-27-2-1-10(9)23-14-24-13-12(28-6-15(17,18)19)11(8-3-21-22-4-8)20-7-26(13)25-14/h3-4,7,9-10H,1-2,5-6H2,(H,21,22)(H,23,25)/t9-,10+/m1/s1. The van der Waals surface area contributed by atoms with Crippen molar-refractivity contribution in [3.63, 3.8) is 0 Å². The zero-order valence-corrected chi connectivity index (χ0v) is 14.3. The lowest BCUT2D eigenvalue weighted by Crippen LogP contribution is -2.39. The van der Waals surface area contributed by atoms with Gasteiger partial charge in [0.1, 0.15) is 18.2 Å². The molecule has 4 heterocycles. The Morgan fingerprint density at radius 2 is 2.25 bits per heavy atom. The molecule has 150 valence electrons. The first-order valence-electron chi connectivity index (χ1n) is 8.33. The number of nitrogens with one attached hydrogen (secondary N) is 2. The molecule has 9 nitrogen and oxygen atoms in total. The summed E-state index contributed by atoms with van der Waals surface area (Å²) in [6.45, 7) is -1.18. The van der Waals surface area contributed by atoms with Crippen molar-refractivity contribution in [2.75, 3.05) is 25.1 Å². The van der Waals surface area contributed by atoms with E-state index in [2.05, 4.69) is 30.6 Å². The van der Waals surface area contributed by atoms with Crippen molar-refractivity contribution < 1.29 is 27.0 Å². The molecular weight excluding hydrogens is 386 g/mol. The van der Waals surface area contributed by atoms with Crippen molar-refractivity contribution in [3.8, 4) is 17.0 Å². The molecule has 1 aliphatic heterocycles. The zero-order valence-electron chi connectivity index (χ0n) is 14.3. The van der Waals surface area contributed by atoms with Crippen LogP contribution in [0.5, 0.6) is 5.75 Å². The lowest BCUT2D eigenvalue weighted by molar-refractivity contribution is -0.153. The van der Waals surface area contributed by atoms with Gasteiger partial charge in [-0.2, -0.15) is 27.8 Å². The Morgan fingerprint density at radius 1 is 1.39 bits per heavy atom. The van der Waals surface area contributed by atoms with Crippen LogP contribution in [0.3, 0.4) is 0 Å². The second kappa shape index (κ2) is 7.22. The van der Waals surface area contributed by atoms with Crippen molar-refractivity contribution in [2.24, 2.45) is 0 Å². The summed E-state index contributed by atoms with van der Waals surface area (Å²) in [4.78, 5) is 8.29. The van der Waals surface area contributed by atoms with Crippen molar-refractivity contribution in [2.45, 2.75) is 24.8 Å². The van der Waals surface area contributed by atoms with Gasteiger partial charge < -0.3 is 14.8 Å². The topological polar surface area (TPSA) is 102 Å². The summed E-state index contributed by atoms with van der Waals surface area (Å²) in [6.07, 6.45) is -1.25. The number of rotatable bonds is 5. The molecule has 3 aromatic rings. The number of halogens is 4. The Bertz CT molecular complexity index is 944. The van der Waals surface area contributed by atoms with Gasteiger partial charge in [0.2, 0.25) is 11.6 Å². The van der Waals surface area contributed by atoms with Gasteiger partial charge in [-0.3, -0.25) is 5.10 Å². The summed E-state index contributed by atoms with van der Waals surface area (Å²) in [6, 6.07) is -0.563. The van der Waals surface area contributed by atoms with Gasteiger partial charge in [-0.05, 0) is 6.42 Å². The second-order valence-corrected chi connectivity index (χ2v) is 6.15. The molecule has 1 fully saturated rings. The number of aromatic nitrogens is 6. The first-order valence-corrected chi connectivity index (χ1v) is 8.33. The van der Waals surface area contributed by atoms with Crippen LogP contribution in [-0.4, -0.2) is 68.0 Å². The molecule has 0 saturated carbocycles. The number of hydrogen-bond donors (Lipinski definition) is 2. The van der Waals surface area contributed by atoms with E-state index in [1.807, 2.05) is 0 Å². The molecule has 1 aliphatic rings. The van der Waals surface area contributed by atoms with Crippen molar-refractivity contribution in [3.05, 3.63) is 18.7 Å². The van der Waals surface area contributed by atoms with Crippen LogP contribution in [0.1, 0.15) is 6.42 Å². The lowest BCUT2D eigenvalue weighted by atomic mass is 10.1. The van der Waals surface area contributed by atoms with Gasteiger partial charge in [-0.25, -0.2) is 9.37 Å². The number of H-pyrrole nitrogens is 1. The zero-order chi connectivity index (χ0) is 19.7. The minimum absolute atomic E-state index is 0.0143. The Balaban J connectivity index is 1.70. The van der Waals surface area contributed by atoms with Crippen LogP contribution in [0, 0.1) is 0 Å². The van der Waals surface area contributed by atoms with Crippen LogP contribution in [0.2, 0.25) is 0 Å². The summed E-state index contributed by atoms with van der Waals surface area (Å²) in [5, 5.41) is 13.3. The Kier molecular flexibility index (Phi) is 4.75. The van der Waals surface area contributed by atoms with E-state index in [-0.39, 0.29) is 29.6 Å². The molecule has 0 bridgehead atoms. The van der Waals surface area contributed by atoms with Crippen LogP contribution < -0.4 is 10.1 Å².